The van der Waals surface area contributed by atoms with Crippen molar-refractivity contribution >= 4 is 21.4 Å². The maximum Gasteiger partial charge on any atom is 0.416 e. The van der Waals surface area contributed by atoms with Crippen molar-refractivity contribution in [3.05, 3.63) is 71.5 Å². The SMILES string of the molecule is Cc1c(C(=O)Nc2ccc(S(C)(=O)=O)cc2)cnn1-c1cccc(C(F)(F)F)c1. The van der Waals surface area contributed by atoms with Gasteiger partial charge in [0.15, 0.2) is 9.84 Å². The minimum atomic E-state index is -4.49. The van der Waals surface area contributed by atoms with Crippen molar-refractivity contribution in [3.63, 3.8) is 0 Å². The Bertz CT molecular complexity index is 1170. The van der Waals surface area contributed by atoms with E-state index in [4.69, 9.17) is 0 Å². The van der Waals surface area contributed by atoms with E-state index in [-0.39, 0.29) is 16.1 Å². The summed E-state index contributed by atoms with van der Waals surface area (Å²) in [6, 6.07) is 10.3. The molecule has 6 nitrogen and oxygen atoms in total. The number of carbonyl (C=O) groups is 1. The first-order chi connectivity index (χ1) is 13.5. The van der Waals surface area contributed by atoms with E-state index in [2.05, 4.69) is 10.4 Å². The van der Waals surface area contributed by atoms with Crippen LogP contribution in [0.5, 0.6) is 0 Å². The Morgan fingerprint density at radius 3 is 2.34 bits per heavy atom. The second-order valence-corrected chi connectivity index (χ2v) is 8.37. The van der Waals surface area contributed by atoms with Crippen LogP contribution in [0.2, 0.25) is 0 Å². The molecule has 0 aliphatic rings. The van der Waals surface area contributed by atoms with Gasteiger partial charge in [-0.2, -0.15) is 18.3 Å². The fourth-order valence-corrected chi connectivity index (χ4v) is 3.32. The Morgan fingerprint density at radius 2 is 1.76 bits per heavy atom. The zero-order chi connectivity index (χ0) is 21.4. The van der Waals surface area contributed by atoms with Crippen LogP contribution in [-0.4, -0.2) is 30.4 Å². The average molecular weight is 423 g/mol. The van der Waals surface area contributed by atoms with Gasteiger partial charge in [-0.3, -0.25) is 4.79 Å². The number of nitrogens with zero attached hydrogens (tertiary/aromatic N) is 2. The van der Waals surface area contributed by atoms with Crippen LogP contribution < -0.4 is 5.32 Å². The van der Waals surface area contributed by atoms with Gasteiger partial charge < -0.3 is 5.32 Å². The molecule has 1 heterocycles. The second-order valence-electron chi connectivity index (χ2n) is 6.35. The summed E-state index contributed by atoms with van der Waals surface area (Å²) in [5.41, 5.74) is 0.258. The first-order valence-electron chi connectivity index (χ1n) is 8.30. The van der Waals surface area contributed by atoms with Crippen molar-refractivity contribution in [3.8, 4) is 5.69 Å². The van der Waals surface area contributed by atoms with Crippen LogP contribution in [0.25, 0.3) is 5.69 Å². The number of hydrogen-bond acceptors (Lipinski definition) is 4. The van der Waals surface area contributed by atoms with Gasteiger partial charge in [0.25, 0.3) is 5.91 Å². The quantitative estimate of drug-likeness (QED) is 0.691. The van der Waals surface area contributed by atoms with Crippen molar-refractivity contribution < 1.29 is 26.4 Å². The second kappa shape index (κ2) is 7.36. The first kappa shape index (κ1) is 20.6. The molecule has 10 heteroatoms. The Hall–Kier alpha value is -3.14. The zero-order valence-corrected chi connectivity index (χ0v) is 16.2. The molecule has 3 aromatic rings. The first-order valence-corrected chi connectivity index (χ1v) is 10.2. The third kappa shape index (κ3) is 4.48. The standard InChI is InChI=1S/C19H16F3N3O3S/c1-12-17(18(26)24-14-6-8-16(9-7-14)29(2,27)28)11-23-25(12)15-5-3-4-13(10-15)19(20,21)22/h3-11H,1-2H3,(H,24,26). The van der Waals surface area contributed by atoms with E-state index in [0.717, 1.165) is 18.4 Å². The van der Waals surface area contributed by atoms with Crippen LogP contribution in [-0.2, 0) is 16.0 Å². The molecular weight excluding hydrogens is 407 g/mol. The lowest BCUT2D eigenvalue weighted by Gasteiger charge is -2.10. The van der Waals surface area contributed by atoms with Crippen molar-refractivity contribution in [2.45, 2.75) is 18.0 Å². The van der Waals surface area contributed by atoms with Gasteiger partial charge >= 0.3 is 6.18 Å². The molecule has 1 N–H and O–H groups in total. The number of carbonyl (C=O) groups excluding carboxylic acids is 1. The largest absolute Gasteiger partial charge is 0.416 e. The highest BCUT2D eigenvalue weighted by Crippen LogP contribution is 2.30. The van der Waals surface area contributed by atoms with E-state index in [1.165, 1.54) is 47.3 Å². The normalized spacial score (nSPS) is 12.0. The summed E-state index contributed by atoms with van der Waals surface area (Å²) in [4.78, 5) is 12.6. The van der Waals surface area contributed by atoms with Crippen molar-refractivity contribution in [1.82, 2.24) is 9.78 Å². The number of nitrogens with one attached hydrogen (secondary N) is 1. The molecule has 1 aromatic heterocycles. The smallest absolute Gasteiger partial charge is 0.322 e. The molecule has 29 heavy (non-hydrogen) atoms. The van der Waals surface area contributed by atoms with Gasteiger partial charge in [0, 0.05) is 11.9 Å². The molecule has 0 aliphatic heterocycles. The predicted octanol–water partition coefficient (Wildman–Crippen LogP) is 3.86. The third-order valence-electron chi connectivity index (χ3n) is 4.21. The van der Waals surface area contributed by atoms with Crippen LogP contribution in [0.15, 0.2) is 59.6 Å². The lowest BCUT2D eigenvalue weighted by Crippen LogP contribution is -2.13. The predicted molar refractivity (Wildman–Crippen MR) is 101 cm³/mol. The molecule has 0 saturated carbocycles. The van der Waals surface area contributed by atoms with E-state index >= 15 is 0 Å². The number of amides is 1. The number of rotatable bonds is 4. The highest BCUT2D eigenvalue weighted by atomic mass is 32.2. The van der Waals surface area contributed by atoms with Crippen LogP contribution in [0.1, 0.15) is 21.6 Å². The van der Waals surface area contributed by atoms with Crippen LogP contribution in [0.3, 0.4) is 0 Å². The Labute approximate surface area is 164 Å². The molecule has 0 bridgehead atoms. The summed E-state index contributed by atoms with van der Waals surface area (Å²) in [5, 5.41) is 6.64. The van der Waals surface area contributed by atoms with Crippen molar-refractivity contribution in [2.75, 3.05) is 11.6 Å². The van der Waals surface area contributed by atoms with Crippen molar-refractivity contribution in [1.29, 1.82) is 0 Å². The molecule has 0 fully saturated rings. The Morgan fingerprint density at radius 1 is 1.10 bits per heavy atom. The van der Waals surface area contributed by atoms with Crippen LogP contribution in [0, 0.1) is 6.92 Å². The zero-order valence-electron chi connectivity index (χ0n) is 15.4. The molecule has 3 rings (SSSR count). The molecule has 2 aromatic carbocycles. The summed E-state index contributed by atoms with van der Waals surface area (Å²) in [5.74, 6) is -0.521. The lowest BCUT2D eigenvalue weighted by molar-refractivity contribution is -0.137. The number of hydrogen-bond donors (Lipinski definition) is 1. The van der Waals surface area contributed by atoms with Gasteiger partial charge in [-0.05, 0) is 49.4 Å². The van der Waals surface area contributed by atoms with Crippen LogP contribution in [0.4, 0.5) is 18.9 Å². The number of sulfone groups is 1. The maximum absolute atomic E-state index is 12.9. The molecular formula is C19H16F3N3O3S. The minimum Gasteiger partial charge on any atom is -0.322 e. The van der Waals surface area contributed by atoms with E-state index in [0.29, 0.717) is 11.4 Å². The van der Waals surface area contributed by atoms with Crippen molar-refractivity contribution in [2.24, 2.45) is 0 Å². The fourth-order valence-electron chi connectivity index (χ4n) is 2.69. The molecule has 0 atom stereocenters. The highest BCUT2D eigenvalue weighted by Gasteiger charge is 2.30. The Kier molecular flexibility index (Phi) is 5.22. The molecule has 0 radical (unpaired) electrons. The van der Waals surface area contributed by atoms with E-state index < -0.39 is 27.5 Å². The number of anilines is 1. The van der Waals surface area contributed by atoms with Gasteiger partial charge in [0.1, 0.15) is 0 Å². The van der Waals surface area contributed by atoms with Gasteiger partial charge in [0.2, 0.25) is 0 Å². The van der Waals surface area contributed by atoms with E-state index in [1.807, 2.05) is 0 Å². The Balaban J connectivity index is 1.85. The number of benzene rings is 2. The molecule has 1 amide bonds. The summed E-state index contributed by atoms with van der Waals surface area (Å²) in [6.45, 7) is 1.56. The van der Waals surface area contributed by atoms with Gasteiger partial charge in [-0.25, -0.2) is 13.1 Å². The van der Waals surface area contributed by atoms with E-state index in [9.17, 15) is 26.4 Å². The van der Waals surface area contributed by atoms with Gasteiger partial charge in [-0.15, -0.1) is 0 Å². The highest BCUT2D eigenvalue weighted by molar-refractivity contribution is 7.90. The summed E-state index contributed by atoms with van der Waals surface area (Å²) in [7, 11) is -3.35. The van der Waals surface area contributed by atoms with Crippen LogP contribution >= 0.6 is 0 Å². The average Bonchev–Trinajstić information content (AvgIpc) is 3.02. The lowest BCUT2D eigenvalue weighted by atomic mass is 10.2. The van der Waals surface area contributed by atoms with Gasteiger partial charge in [0.05, 0.1) is 33.6 Å². The molecule has 0 unspecified atom stereocenters. The number of halogens is 3. The fraction of sp³-hybridized carbons (Fsp3) is 0.158. The number of aromatic nitrogens is 2. The summed E-state index contributed by atoms with van der Waals surface area (Å²) < 4.78 is 63.0. The summed E-state index contributed by atoms with van der Waals surface area (Å²) >= 11 is 0. The molecule has 0 aliphatic carbocycles. The third-order valence-corrected chi connectivity index (χ3v) is 5.34. The minimum absolute atomic E-state index is 0.115. The molecule has 0 saturated heterocycles. The molecule has 0 spiro atoms. The monoisotopic (exact) mass is 423 g/mol. The van der Waals surface area contributed by atoms with Gasteiger partial charge in [-0.1, -0.05) is 6.07 Å². The number of alkyl halides is 3. The van der Waals surface area contributed by atoms with E-state index in [1.54, 1.807) is 6.92 Å². The maximum atomic E-state index is 12.9. The molecule has 152 valence electrons. The summed E-state index contributed by atoms with van der Waals surface area (Å²) in [6.07, 6.45) is -2.16. The topological polar surface area (TPSA) is 81.1 Å².